The first-order chi connectivity index (χ1) is 14.1. The average Bonchev–Trinajstić information content (AvgIpc) is 2.75. The molecule has 1 saturated heterocycles. The fraction of sp³-hybridized carbons (Fsp3) is 0.667. The van der Waals surface area contributed by atoms with Crippen LogP contribution in [0.3, 0.4) is 0 Å². The first-order valence-corrected chi connectivity index (χ1v) is 10.5. The van der Waals surface area contributed by atoms with Crippen LogP contribution in [0.1, 0.15) is 56.9 Å². The van der Waals surface area contributed by atoms with E-state index in [0.29, 0.717) is 25.0 Å². The van der Waals surface area contributed by atoms with E-state index in [0.717, 1.165) is 55.0 Å². The lowest BCUT2D eigenvalue weighted by Crippen LogP contribution is -2.26. The van der Waals surface area contributed by atoms with Crippen molar-refractivity contribution in [3.8, 4) is 5.88 Å². The lowest BCUT2D eigenvalue weighted by atomic mass is 9.83. The maximum Gasteiger partial charge on any atom is 0.224 e. The van der Waals surface area contributed by atoms with Gasteiger partial charge >= 0.3 is 0 Å². The van der Waals surface area contributed by atoms with Crippen LogP contribution in [0, 0.1) is 0 Å². The maximum atomic E-state index is 12.9. The Kier molecular flexibility index (Phi) is 6.40. The maximum absolute atomic E-state index is 12.9. The van der Waals surface area contributed by atoms with Gasteiger partial charge < -0.3 is 19.9 Å². The highest BCUT2D eigenvalue weighted by Gasteiger charge is 2.26. The lowest BCUT2D eigenvalue weighted by Gasteiger charge is -2.27. The Morgan fingerprint density at radius 2 is 1.93 bits per heavy atom. The number of anilines is 1. The van der Waals surface area contributed by atoms with E-state index in [1.165, 1.54) is 0 Å². The molecule has 2 fully saturated rings. The van der Waals surface area contributed by atoms with Gasteiger partial charge in [-0.05, 0) is 38.5 Å². The summed E-state index contributed by atoms with van der Waals surface area (Å²) in [6.45, 7) is 2.64. The van der Waals surface area contributed by atoms with Crippen molar-refractivity contribution in [3.63, 3.8) is 0 Å². The summed E-state index contributed by atoms with van der Waals surface area (Å²) in [7, 11) is 0. The molecule has 1 atom stereocenters. The second-order valence-electron chi connectivity index (χ2n) is 8.11. The molecule has 4 rings (SSSR count). The summed E-state index contributed by atoms with van der Waals surface area (Å²) in [5.74, 6) is 1.23. The zero-order valence-electron chi connectivity index (χ0n) is 16.8. The summed E-state index contributed by atoms with van der Waals surface area (Å²) < 4.78 is 24.5. The minimum absolute atomic E-state index is 0.0690. The number of aliphatic hydroxyl groups is 1. The number of aromatic nitrogens is 3. The molecule has 0 unspecified atom stereocenters. The van der Waals surface area contributed by atoms with Crippen molar-refractivity contribution in [1.82, 2.24) is 15.0 Å². The molecule has 2 aromatic heterocycles. The molecule has 0 bridgehead atoms. The molecule has 2 N–H and O–H groups in total. The number of alkyl halides is 1. The molecule has 8 heteroatoms. The van der Waals surface area contributed by atoms with Gasteiger partial charge in [-0.15, -0.1) is 0 Å². The molecule has 0 aromatic carbocycles. The summed E-state index contributed by atoms with van der Waals surface area (Å²) in [5, 5.41) is 13.7. The zero-order chi connectivity index (χ0) is 20.2. The van der Waals surface area contributed by atoms with E-state index >= 15 is 0 Å². The fourth-order valence-electron chi connectivity index (χ4n) is 4.08. The summed E-state index contributed by atoms with van der Waals surface area (Å²) in [6, 6.07) is -0.361. The van der Waals surface area contributed by atoms with Crippen molar-refractivity contribution in [3.05, 3.63) is 18.0 Å². The minimum atomic E-state index is -0.497. The van der Waals surface area contributed by atoms with Crippen molar-refractivity contribution >= 4 is 16.9 Å². The van der Waals surface area contributed by atoms with Crippen LogP contribution < -0.4 is 10.1 Å². The second kappa shape index (κ2) is 9.17. The van der Waals surface area contributed by atoms with Crippen LogP contribution in [0.25, 0.3) is 10.9 Å². The Hall–Kier alpha value is -2.06. The van der Waals surface area contributed by atoms with Crippen LogP contribution in [-0.4, -0.2) is 58.2 Å². The number of halogens is 1. The van der Waals surface area contributed by atoms with Gasteiger partial charge in [-0.2, -0.15) is 0 Å². The number of hydrogen-bond donors (Lipinski definition) is 2. The molecule has 0 radical (unpaired) electrons. The van der Waals surface area contributed by atoms with Crippen molar-refractivity contribution < 1.29 is 19.0 Å². The van der Waals surface area contributed by atoms with Gasteiger partial charge in [0.25, 0.3) is 0 Å². The molecule has 0 spiro atoms. The average molecular weight is 404 g/mol. The van der Waals surface area contributed by atoms with Crippen molar-refractivity contribution in [2.45, 2.75) is 69.6 Å². The fourth-order valence-corrected chi connectivity index (χ4v) is 4.08. The quantitative estimate of drug-likeness (QED) is 0.763. The van der Waals surface area contributed by atoms with E-state index in [1.54, 1.807) is 13.1 Å². The lowest BCUT2D eigenvalue weighted by molar-refractivity contribution is 0.0244. The van der Waals surface area contributed by atoms with Crippen LogP contribution in [0.15, 0.2) is 12.4 Å². The molecule has 2 aromatic rings. The molecule has 1 aliphatic heterocycles. The number of pyridine rings is 1. The number of hydrogen-bond acceptors (Lipinski definition) is 7. The summed E-state index contributed by atoms with van der Waals surface area (Å²) in [5.41, 5.74) is 1.84. The Bertz CT molecular complexity index is 823. The van der Waals surface area contributed by atoms with Gasteiger partial charge in [-0.1, -0.05) is 0 Å². The molecule has 29 heavy (non-hydrogen) atoms. The third-order valence-corrected chi connectivity index (χ3v) is 5.80. The standard InChI is InChI=1S/C21H29FN4O3/c1-13(10-22)25-21-24-12-18-19(26-21)17(14-2-4-15(27)5-3-14)11-23-20(18)29-16-6-8-28-9-7-16/h11-16,27H,2-10H2,1H3,(H,24,25,26)/t13-,14-,15-/m0/s1. The van der Waals surface area contributed by atoms with Gasteiger partial charge in [0.15, 0.2) is 0 Å². The highest BCUT2D eigenvalue weighted by Crippen LogP contribution is 2.38. The van der Waals surface area contributed by atoms with Crippen molar-refractivity contribution in [2.24, 2.45) is 0 Å². The Morgan fingerprint density at radius 1 is 1.17 bits per heavy atom. The Labute approximate surface area is 170 Å². The predicted octanol–water partition coefficient (Wildman–Crippen LogP) is 3.37. The molecule has 0 amide bonds. The highest BCUT2D eigenvalue weighted by atomic mass is 19.1. The molecule has 1 aliphatic carbocycles. The van der Waals surface area contributed by atoms with Gasteiger partial charge in [-0.25, -0.2) is 19.3 Å². The second-order valence-corrected chi connectivity index (χ2v) is 8.11. The van der Waals surface area contributed by atoms with Gasteiger partial charge in [0.05, 0.1) is 36.3 Å². The Morgan fingerprint density at radius 3 is 2.66 bits per heavy atom. The molecule has 158 valence electrons. The van der Waals surface area contributed by atoms with Crippen LogP contribution in [0.4, 0.5) is 10.3 Å². The van der Waals surface area contributed by atoms with Gasteiger partial charge in [-0.3, -0.25) is 0 Å². The van der Waals surface area contributed by atoms with Crippen LogP contribution in [-0.2, 0) is 4.74 Å². The predicted molar refractivity (Wildman–Crippen MR) is 108 cm³/mol. The topological polar surface area (TPSA) is 89.4 Å². The number of fused-ring (bicyclic) bond motifs is 1. The number of aliphatic hydroxyl groups excluding tert-OH is 1. The molecule has 1 saturated carbocycles. The summed E-state index contributed by atoms with van der Waals surface area (Å²) in [6.07, 6.45) is 8.44. The van der Waals surface area contributed by atoms with E-state index in [4.69, 9.17) is 14.5 Å². The van der Waals surface area contributed by atoms with Gasteiger partial charge in [0, 0.05) is 30.8 Å². The van der Waals surface area contributed by atoms with Crippen LogP contribution in [0.2, 0.25) is 0 Å². The third-order valence-electron chi connectivity index (χ3n) is 5.80. The van der Waals surface area contributed by atoms with E-state index < -0.39 is 6.67 Å². The van der Waals surface area contributed by atoms with E-state index in [1.807, 2.05) is 6.20 Å². The molecular weight excluding hydrogens is 375 g/mol. The largest absolute Gasteiger partial charge is 0.474 e. The van der Waals surface area contributed by atoms with Crippen LogP contribution in [0.5, 0.6) is 5.88 Å². The zero-order valence-corrected chi connectivity index (χ0v) is 16.8. The number of rotatable bonds is 6. The van der Waals surface area contributed by atoms with Crippen molar-refractivity contribution in [2.75, 3.05) is 25.2 Å². The smallest absolute Gasteiger partial charge is 0.224 e. The first-order valence-electron chi connectivity index (χ1n) is 10.5. The third kappa shape index (κ3) is 4.75. The molecule has 2 aliphatic rings. The minimum Gasteiger partial charge on any atom is -0.474 e. The van der Waals surface area contributed by atoms with E-state index in [-0.39, 0.29) is 24.2 Å². The summed E-state index contributed by atoms with van der Waals surface area (Å²) in [4.78, 5) is 13.7. The van der Waals surface area contributed by atoms with Gasteiger partial charge in [0.1, 0.15) is 12.8 Å². The Balaban J connectivity index is 1.69. The van der Waals surface area contributed by atoms with Crippen LogP contribution >= 0.6 is 0 Å². The number of nitrogens with zero attached hydrogens (tertiary/aromatic N) is 3. The summed E-state index contributed by atoms with van der Waals surface area (Å²) >= 11 is 0. The molecule has 3 heterocycles. The molecule has 7 nitrogen and oxygen atoms in total. The SMILES string of the molecule is C[C@@H](CF)Nc1ncc2c(OC3CCOCC3)ncc([C@H]3CC[C@H](O)CC3)c2n1. The van der Waals surface area contributed by atoms with E-state index in [9.17, 15) is 9.50 Å². The number of nitrogens with one attached hydrogen (secondary N) is 1. The normalized spacial score (nSPS) is 24.4. The van der Waals surface area contributed by atoms with Crippen molar-refractivity contribution in [1.29, 1.82) is 0 Å². The molecular formula is C21H29FN4O3. The highest BCUT2D eigenvalue weighted by molar-refractivity contribution is 5.86. The first kappa shape index (κ1) is 20.2. The monoisotopic (exact) mass is 404 g/mol. The van der Waals surface area contributed by atoms with Gasteiger partial charge in [0.2, 0.25) is 11.8 Å². The van der Waals surface area contributed by atoms with E-state index in [2.05, 4.69) is 15.3 Å². The number of ether oxygens (including phenoxy) is 2.